The van der Waals surface area contributed by atoms with Crippen molar-refractivity contribution in [3.63, 3.8) is 0 Å². The Morgan fingerprint density at radius 1 is 1.04 bits per heavy atom. The normalized spacial score (nSPS) is 10.7. The topological polar surface area (TPSA) is 68.5 Å². The molecule has 0 saturated heterocycles. The number of aryl methyl sites for hydroxylation is 1. The average molecular weight is 309 g/mol. The number of rotatable bonds is 4. The molecule has 116 valence electrons. The molecule has 5 nitrogen and oxygen atoms in total. The second-order valence-corrected chi connectivity index (χ2v) is 5.16. The smallest absolute Gasteiger partial charge is 0.353 e. The molecule has 0 aliphatic heterocycles. The highest BCUT2D eigenvalue weighted by atomic mass is 16.5. The van der Waals surface area contributed by atoms with E-state index in [2.05, 4.69) is 0 Å². The van der Waals surface area contributed by atoms with Gasteiger partial charge in [0.15, 0.2) is 5.78 Å². The third-order valence-corrected chi connectivity index (χ3v) is 3.89. The quantitative estimate of drug-likeness (QED) is 0.752. The number of para-hydroxylation sites is 1. The van der Waals surface area contributed by atoms with Gasteiger partial charge in [0.05, 0.1) is 12.7 Å². The lowest BCUT2D eigenvalue weighted by atomic mass is 10.00. The van der Waals surface area contributed by atoms with Gasteiger partial charge in [0.1, 0.15) is 11.4 Å². The summed E-state index contributed by atoms with van der Waals surface area (Å²) in [5, 5.41) is 10.2. The number of aromatic nitrogens is 1. The second-order valence-electron chi connectivity index (χ2n) is 5.16. The molecule has 2 aromatic carbocycles. The molecule has 23 heavy (non-hydrogen) atoms. The van der Waals surface area contributed by atoms with Crippen LogP contribution in [0.25, 0.3) is 10.9 Å². The van der Waals surface area contributed by atoms with Gasteiger partial charge in [0, 0.05) is 23.5 Å². The maximum atomic E-state index is 12.9. The molecule has 3 aromatic rings. The van der Waals surface area contributed by atoms with E-state index in [0.717, 1.165) is 0 Å². The number of carboxylic acid groups (broad SMARTS) is 1. The van der Waals surface area contributed by atoms with Gasteiger partial charge in [-0.2, -0.15) is 0 Å². The number of benzene rings is 2. The lowest BCUT2D eigenvalue weighted by Crippen LogP contribution is -2.11. The fraction of sp³-hybridized carbons (Fsp3) is 0.111. The van der Waals surface area contributed by atoms with Crippen molar-refractivity contribution in [2.45, 2.75) is 0 Å². The zero-order valence-corrected chi connectivity index (χ0v) is 12.7. The van der Waals surface area contributed by atoms with Gasteiger partial charge in [-0.25, -0.2) is 4.79 Å². The first-order chi connectivity index (χ1) is 11.0. The summed E-state index contributed by atoms with van der Waals surface area (Å²) in [5.74, 6) is -0.805. The van der Waals surface area contributed by atoms with Crippen LogP contribution in [0.1, 0.15) is 26.4 Å². The number of aromatic carboxylic acids is 1. The van der Waals surface area contributed by atoms with Crippen LogP contribution in [-0.2, 0) is 7.05 Å². The van der Waals surface area contributed by atoms with E-state index < -0.39 is 5.97 Å². The number of hydrogen-bond donors (Lipinski definition) is 1. The number of carboxylic acids is 1. The van der Waals surface area contributed by atoms with Crippen LogP contribution in [-0.4, -0.2) is 28.5 Å². The third kappa shape index (κ3) is 2.36. The van der Waals surface area contributed by atoms with Crippen molar-refractivity contribution in [3.8, 4) is 5.75 Å². The number of ether oxygens (including phenoxy) is 1. The molecular formula is C18H15NO4. The number of hydrogen-bond acceptors (Lipinski definition) is 3. The van der Waals surface area contributed by atoms with E-state index in [1.807, 2.05) is 6.07 Å². The zero-order valence-electron chi connectivity index (χ0n) is 12.7. The van der Waals surface area contributed by atoms with E-state index in [9.17, 15) is 14.7 Å². The molecular weight excluding hydrogens is 294 g/mol. The van der Waals surface area contributed by atoms with Gasteiger partial charge >= 0.3 is 5.97 Å². The molecule has 0 aliphatic rings. The molecule has 1 aromatic heterocycles. The van der Waals surface area contributed by atoms with Crippen molar-refractivity contribution in [1.82, 2.24) is 4.57 Å². The van der Waals surface area contributed by atoms with Gasteiger partial charge in [-0.15, -0.1) is 0 Å². The number of ketones is 1. The third-order valence-electron chi connectivity index (χ3n) is 3.89. The highest BCUT2D eigenvalue weighted by molar-refractivity contribution is 6.21. The maximum absolute atomic E-state index is 12.9. The Kier molecular flexibility index (Phi) is 3.62. The van der Waals surface area contributed by atoms with Crippen molar-refractivity contribution < 1.29 is 19.4 Å². The summed E-state index contributed by atoms with van der Waals surface area (Å²) in [4.78, 5) is 24.5. The van der Waals surface area contributed by atoms with Crippen molar-refractivity contribution in [2.75, 3.05) is 7.11 Å². The monoisotopic (exact) mass is 309 g/mol. The summed E-state index contributed by atoms with van der Waals surface area (Å²) in [7, 11) is 3.20. The molecule has 0 bridgehead atoms. The zero-order chi connectivity index (χ0) is 16.6. The summed E-state index contributed by atoms with van der Waals surface area (Å²) < 4.78 is 6.62. The van der Waals surface area contributed by atoms with Crippen LogP contribution in [0.5, 0.6) is 5.75 Å². The predicted molar refractivity (Wildman–Crippen MR) is 86.3 cm³/mol. The molecule has 1 heterocycles. The minimum Gasteiger partial charge on any atom is -0.497 e. The van der Waals surface area contributed by atoms with Gasteiger partial charge in [0.2, 0.25) is 0 Å². The summed E-state index contributed by atoms with van der Waals surface area (Å²) in [6, 6.07) is 13.8. The van der Waals surface area contributed by atoms with Crippen LogP contribution in [0, 0.1) is 0 Å². The number of methoxy groups -OCH3 is 1. The Morgan fingerprint density at radius 2 is 1.70 bits per heavy atom. The molecule has 0 spiro atoms. The molecule has 0 atom stereocenters. The highest BCUT2D eigenvalue weighted by Crippen LogP contribution is 2.28. The predicted octanol–water partition coefficient (Wildman–Crippen LogP) is 3.12. The molecule has 0 fully saturated rings. The van der Waals surface area contributed by atoms with Gasteiger partial charge in [-0.1, -0.05) is 18.2 Å². The van der Waals surface area contributed by atoms with Crippen molar-refractivity contribution in [1.29, 1.82) is 0 Å². The Labute approximate surface area is 132 Å². The maximum Gasteiger partial charge on any atom is 0.353 e. The first-order valence-electron chi connectivity index (χ1n) is 7.04. The Balaban J connectivity index is 2.23. The van der Waals surface area contributed by atoms with Crippen molar-refractivity contribution in [3.05, 3.63) is 65.4 Å². The first kappa shape index (κ1) is 14.8. The molecule has 0 radical (unpaired) electrons. The Hall–Kier alpha value is -3.08. The van der Waals surface area contributed by atoms with Gasteiger partial charge < -0.3 is 14.4 Å². The van der Waals surface area contributed by atoms with E-state index in [-0.39, 0.29) is 17.0 Å². The molecule has 5 heteroatoms. The van der Waals surface area contributed by atoms with Gasteiger partial charge in [-0.3, -0.25) is 4.79 Å². The fourth-order valence-electron chi connectivity index (χ4n) is 2.76. The molecule has 0 amide bonds. The van der Waals surface area contributed by atoms with Crippen LogP contribution in [0.15, 0.2) is 48.5 Å². The number of carbonyl (C=O) groups is 2. The van der Waals surface area contributed by atoms with Gasteiger partial charge in [-0.05, 0) is 30.3 Å². The summed E-state index contributed by atoms with van der Waals surface area (Å²) in [6.45, 7) is 0. The van der Waals surface area contributed by atoms with Crippen LogP contribution >= 0.6 is 0 Å². The second kappa shape index (κ2) is 5.61. The molecule has 0 unspecified atom stereocenters. The first-order valence-corrected chi connectivity index (χ1v) is 7.04. The SMILES string of the molecule is COc1ccc(C(=O)c2c(C(=O)O)n(C)c3ccccc23)cc1. The van der Waals surface area contributed by atoms with Gasteiger partial charge in [0.25, 0.3) is 0 Å². The van der Waals surface area contributed by atoms with Crippen LogP contribution in [0.4, 0.5) is 0 Å². The lowest BCUT2D eigenvalue weighted by Gasteiger charge is -2.04. The minimum atomic E-state index is -1.12. The summed E-state index contributed by atoms with van der Waals surface area (Å²) >= 11 is 0. The number of fused-ring (bicyclic) bond motifs is 1. The standard InChI is InChI=1S/C18H15NO4/c1-19-14-6-4-3-5-13(14)15(16(19)18(21)22)17(20)11-7-9-12(23-2)10-8-11/h3-10H,1-2H3,(H,21,22). The van der Waals surface area contributed by atoms with E-state index in [1.54, 1.807) is 56.6 Å². The van der Waals surface area contributed by atoms with E-state index >= 15 is 0 Å². The van der Waals surface area contributed by atoms with E-state index in [1.165, 1.54) is 4.57 Å². The fourth-order valence-corrected chi connectivity index (χ4v) is 2.76. The Morgan fingerprint density at radius 3 is 2.30 bits per heavy atom. The van der Waals surface area contributed by atoms with Crippen molar-refractivity contribution in [2.24, 2.45) is 7.05 Å². The molecule has 3 rings (SSSR count). The van der Waals surface area contributed by atoms with Crippen LogP contribution in [0.2, 0.25) is 0 Å². The summed E-state index contributed by atoms with van der Waals surface area (Å²) in [6.07, 6.45) is 0. The van der Waals surface area contributed by atoms with Crippen LogP contribution < -0.4 is 4.74 Å². The number of nitrogens with zero attached hydrogens (tertiary/aromatic N) is 1. The highest BCUT2D eigenvalue weighted by Gasteiger charge is 2.26. The largest absolute Gasteiger partial charge is 0.497 e. The molecule has 0 aliphatic carbocycles. The van der Waals surface area contributed by atoms with E-state index in [4.69, 9.17) is 4.74 Å². The van der Waals surface area contributed by atoms with E-state index in [0.29, 0.717) is 22.2 Å². The average Bonchev–Trinajstić information content (AvgIpc) is 2.88. The molecule has 0 saturated carbocycles. The molecule has 1 N–H and O–H groups in total. The lowest BCUT2D eigenvalue weighted by molar-refractivity contribution is 0.0683. The van der Waals surface area contributed by atoms with Crippen molar-refractivity contribution >= 4 is 22.7 Å². The minimum absolute atomic E-state index is 0.00739. The van der Waals surface area contributed by atoms with Crippen LogP contribution in [0.3, 0.4) is 0 Å². The Bertz CT molecular complexity index is 907. The summed E-state index contributed by atoms with van der Waals surface area (Å²) in [5.41, 5.74) is 1.33. The number of carbonyl (C=O) groups excluding carboxylic acids is 1.